The van der Waals surface area contributed by atoms with Crippen molar-refractivity contribution in [3.05, 3.63) is 83.6 Å². The Morgan fingerprint density at radius 1 is 1.22 bits per heavy atom. The van der Waals surface area contributed by atoms with E-state index in [1.54, 1.807) is 14.2 Å². The summed E-state index contributed by atoms with van der Waals surface area (Å²) in [6.07, 6.45) is 14.8. The molecule has 0 saturated heterocycles. The van der Waals surface area contributed by atoms with Gasteiger partial charge >= 0.3 is 5.97 Å². The fourth-order valence-corrected chi connectivity index (χ4v) is 3.84. The van der Waals surface area contributed by atoms with E-state index < -0.39 is 0 Å². The molecular weight excluding hydrogens is 404 g/mol. The molecule has 0 aromatic heterocycles. The van der Waals surface area contributed by atoms with Crippen LogP contribution in [0.5, 0.6) is 5.75 Å². The largest absolute Gasteiger partial charge is 0.497 e. The van der Waals surface area contributed by atoms with Crippen LogP contribution < -0.4 is 15.8 Å². The van der Waals surface area contributed by atoms with Gasteiger partial charge in [0.05, 0.1) is 19.8 Å². The standard InChI is InChI=1S/C26H32N2O4/c1-28-23-15-18(14-22(27)17-23)12-13-32-26(29)11-8-20-4-5-21(16-25(20)31-3)19-6-9-24(30-2)10-7-19/h4-11,14,16-17,20,23,25,28H,12-13,15,27H2,1-3H3/b11-8+. The number of nitrogens with one attached hydrogen (secondary N) is 1. The van der Waals surface area contributed by atoms with Gasteiger partial charge < -0.3 is 25.3 Å². The highest BCUT2D eigenvalue weighted by Crippen LogP contribution is 2.28. The molecule has 0 radical (unpaired) electrons. The summed E-state index contributed by atoms with van der Waals surface area (Å²) in [4.78, 5) is 12.2. The molecule has 0 amide bonds. The smallest absolute Gasteiger partial charge is 0.330 e. The minimum atomic E-state index is -0.358. The minimum absolute atomic E-state index is 0.0445. The first kappa shape index (κ1) is 23.6. The molecule has 0 aliphatic heterocycles. The number of carbonyl (C=O) groups is 1. The van der Waals surface area contributed by atoms with Crippen LogP contribution in [-0.4, -0.2) is 46.0 Å². The second kappa shape index (κ2) is 11.5. The number of carbonyl (C=O) groups excluding carboxylic acids is 1. The number of ether oxygens (including phenoxy) is 3. The maximum Gasteiger partial charge on any atom is 0.330 e. The lowest BCUT2D eigenvalue weighted by molar-refractivity contribution is -0.137. The zero-order valence-electron chi connectivity index (χ0n) is 18.9. The lowest BCUT2D eigenvalue weighted by Gasteiger charge is -2.23. The first-order valence-electron chi connectivity index (χ1n) is 10.8. The van der Waals surface area contributed by atoms with Gasteiger partial charge in [0, 0.05) is 37.3 Å². The fraction of sp³-hybridized carbons (Fsp3) is 0.346. The molecule has 3 atom stereocenters. The number of methoxy groups -OCH3 is 2. The van der Waals surface area contributed by atoms with Gasteiger partial charge in [-0.25, -0.2) is 4.79 Å². The van der Waals surface area contributed by atoms with Crippen LogP contribution in [0.3, 0.4) is 0 Å². The van der Waals surface area contributed by atoms with Gasteiger partial charge in [-0.05, 0) is 55.0 Å². The van der Waals surface area contributed by atoms with E-state index in [2.05, 4.69) is 11.4 Å². The molecule has 6 nitrogen and oxygen atoms in total. The summed E-state index contributed by atoms with van der Waals surface area (Å²) >= 11 is 0. The van der Waals surface area contributed by atoms with E-state index >= 15 is 0 Å². The zero-order valence-corrected chi connectivity index (χ0v) is 18.9. The van der Waals surface area contributed by atoms with Gasteiger partial charge in [0.15, 0.2) is 0 Å². The number of hydrogen-bond donors (Lipinski definition) is 2. The highest BCUT2D eigenvalue weighted by atomic mass is 16.5. The van der Waals surface area contributed by atoms with Gasteiger partial charge in [-0.3, -0.25) is 0 Å². The number of esters is 1. The first-order chi connectivity index (χ1) is 15.5. The van der Waals surface area contributed by atoms with Crippen LogP contribution in [0.2, 0.25) is 0 Å². The van der Waals surface area contributed by atoms with Gasteiger partial charge in [-0.2, -0.15) is 0 Å². The summed E-state index contributed by atoms with van der Waals surface area (Å²) < 4.78 is 16.2. The van der Waals surface area contributed by atoms with Crippen LogP contribution in [0, 0.1) is 5.92 Å². The van der Waals surface area contributed by atoms with Gasteiger partial charge in [-0.1, -0.05) is 35.9 Å². The molecule has 0 spiro atoms. The highest BCUT2D eigenvalue weighted by Gasteiger charge is 2.19. The van der Waals surface area contributed by atoms with Crippen molar-refractivity contribution in [2.45, 2.75) is 25.0 Å². The molecular formula is C26H32N2O4. The molecule has 0 bridgehead atoms. The Kier molecular flexibility index (Phi) is 8.48. The van der Waals surface area contributed by atoms with E-state index in [0.717, 1.165) is 29.0 Å². The van der Waals surface area contributed by atoms with Crippen molar-refractivity contribution >= 4 is 11.5 Å². The molecule has 1 aromatic carbocycles. The number of nitrogens with two attached hydrogens (primary N) is 1. The fourth-order valence-electron chi connectivity index (χ4n) is 3.84. The Morgan fingerprint density at radius 2 is 2.00 bits per heavy atom. The van der Waals surface area contributed by atoms with Crippen LogP contribution in [0.25, 0.3) is 5.57 Å². The number of benzene rings is 1. The molecule has 6 heteroatoms. The maximum atomic E-state index is 12.2. The normalized spacial score (nSPS) is 22.8. The average Bonchev–Trinajstić information content (AvgIpc) is 2.82. The predicted octanol–water partition coefficient (Wildman–Crippen LogP) is 3.53. The molecule has 1 aromatic rings. The van der Waals surface area contributed by atoms with Gasteiger partial charge in [0.2, 0.25) is 0 Å². The van der Waals surface area contributed by atoms with Gasteiger partial charge in [0.1, 0.15) is 5.75 Å². The van der Waals surface area contributed by atoms with Crippen molar-refractivity contribution in [2.75, 3.05) is 27.9 Å². The molecule has 0 saturated carbocycles. The van der Waals surface area contributed by atoms with Crippen molar-refractivity contribution in [3.63, 3.8) is 0 Å². The summed E-state index contributed by atoms with van der Waals surface area (Å²) in [6, 6.07) is 8.12. The maximum absolute atomic E-state index is 12.2. The number of likely N-dealkylation sites (N-methyl/N-ethyl adjacent to an activating group) is 1. The Morgan fingerprint density at radius 3 is 2.69 bits per heavy atom. The van der Waals surface area contributed by atoms with Crippen LogP contribution in [-0.2, 0) is 14.3 Å². The van der Waals surface area contributed by atoms with Crippen LogP contribution in [0.15, 0.2) is 78.1 Å². The first-order valence-corrected chi connectivity index (χ1v) is 10.8. The number of hydrogen-bond acceptors (Lipinski definition) is 6. The van der Waals surface area contributed by atoms with Crippen molar-refractivity contribution in [2.24, 2.45) is 11.7 Å². The molecule has 2 aliphatic rings. The van der Waals surface area contributed by atoms with E-state index in [0.29, 0.717) is 13.0 Å². The topological polar surface area (TPSA) is 82.8 Å². The lowest BCUT2D eigenvalue weighted by atomic mass is 9.90. The lowest BCUT2D eigenvalue weighted by Crippen LogP contribution is -2.27. The van der Waals surface area contributed by atoms with E-state index in [1.165, 1.54) is 11.6 Å². The predicted molar refractivity (Wildman–Crippen MR) is 127 cm³/mol. The SMILES string of the molecule is CNC1C=C(N)C=C(CCOC(=O)/C=C/C2C=CC(c3ccc(OC)cc3)=CC2OC)C1. The van der Waals surface area contributed by atoms with Crippen molar-refractivity contribution in [3.8, 4) is 5.75 Å². The van der Waals surface area contributed by atoms with Crippen LogP contribution in [0.4, 0.5) is 0 Å². The van der Waals surface area contributed by atoms with Crippen molar-refractivity contribution < 1.29 is 19.0 Å². The molecule has 170 valence electrons. The van der Waals surface area contributed by atoms with Gasteiger partial charge in [-0.15, -0.1) is 0 Å². The summed E-state index contributed by atoms with van der Waals surface area (Å²) in [5, 5.41) is 3.20. The molecule has 3 rings (SSSR count). The third kappa shape index (κ3) is 6.45. The van der Waals surface area contributed by atoms with E-state index in [9.17, 15) is 4.79 Å². The molecule has 0 fully saturated rings. The van der Waals surface area contributed by atoms with Crippen molar-refractivity contribution in [1.29, 1.82) is 0 Å². The monoisotopic (exact) mass is 436 g/mol. The Balaban J connectivity index is 1.51. The highest BCUT2D eigenvalue weighted by molar-refractivity contribution is 5.82. The van der Waals surface area contributed by atoms with Gasteiger partial charge in [0.25, 0.3) is 0 Å². The Hall–Kier alpha value is -3.09. The quantitative estimate of drug-likeness (QED) is 0.455. The van der Waals surface area contributed by atoms with E-state index in [1.807, 2.05) is 61.7 Å². The van der Waals surface area contributed by atoms with Crippen LogP contribution in [0.1, 0.15) is 18.4 Å². The average molecular weight is 437 g/mol. The Labute approximate surface area is 190 Å². The summed E-state index contributed by atoms with van der Waals surface area (Å²) in [5.41, 5.74) is 10.0. The molecule has 0 heterocycles. The molecule has 3 N–H and O–H groups in total. The van der Waals surface area contributed by atoms with Crippen LogP contribution >= 0.6 is 0 Å². The third-order valence-electron chi connectivity index (χ3n) is 5.66. The number of rotatable bonds is 9. The summed E-state index contributed by atoms with van der Waals surface area (Å²) in [6.45, 7) is 0.328. The zero-order chi connectivity index (χ0) is 22.9. The number of allylic oxidation sites excluding steroid dienone is 3. The van der Waals surface area contributed by atoms with E-state index in [-0.39, 0.29) is 24.0 Å². The molecule has 3 unspecified atom stereocenters. The molecule has 2 aliphatic carbocycles. The summed E-state index contributed by atoms with van der Waals surface area (Å²) in [5.74, 6) is 0.415. The van der Waals surface area contributed by atoms with E-state index in [4.69, 9.17) is 19.9 Å². The third-order valence-corrected chi connectivity index (χ3v) is 5.66. The minimum Gasteiger partial charge on any atom is -0.497 e. The second-order valence-corrected chi connectivity index (χ2v) is 7.83. The summed E-state index contributed by atoms with van der Waals surface area (Å²) in [7, 11) is 5.23. The second-order valence-electron chi connectivity index (χ2n) is 7.83. The Bertz CT molecular complexity index is 941. The molecule has 32 heavy (non-hydrogen) atoms. The van der Waals surface area contributed by atoms with Crippen molar-refractivity contribution in [1.82, 2.24) is 5.32 Å².